The number of carbonyl (C=O) groups is 2. The van der Waals surface area contributed by atoms with E-state index in [1.807, 2.05) is 0 Å². The predicted molar refractivity (Wildman–Crippen MR) is 122 cm³/mol. The number of nitrogens with zero attached hydrogens (tertiary/aromatic N) is 2. The monoisotopic (exact) mass is 461 g/mol. The second kappa shape index (κ2) is 9.58. The highest BCUT2D eigenvalue weighted by Crippen LogP contribution is 2.49. The number of likely N-dealkylation sites (tertiary alicyclic amines) is 1. The summed E-state index contributed by atoms with van der Waals surface area (Å²) in [7, 11) is 0. The van der Waals surface area contributed by atoms with Gasteiger partial charge in [-0.05, 0) is 56.8 Å². The number of aliphatic hydroxyl groups excluding tert-OH is 1. The van der Waals surface area contributed by atoms with Gasteiger partial charge in [-0.3, -0.25) is 9.69 Å². The molecule has 3 heterocycles. The summed E-state index contributed by atoms with van der Waals surface area (Å²) in [4.78, 5) is 30.4. The Morgan fingerprint density at radius 2 is 1.85 bits per heavy atom. The lowest BCUT2D eigenvalue weighted by atomic mass is 9.73. The zero-order valence-electron chi connectivity index (χ0n) is 19.7. The van der Waals surface area contributed by atoms with Gasteiger partial charge in [0.2, 0.25) is 0 Å². The van der Waals surface area contributed by atoms with Gasteiger partial charge in [0, 0.05) is 31.6 Å². The van der Waals surface area contributed by atoms with Crippen molar-refractivity contribution in [2.24, 2.45) is 0 Å². The third-order valence-corrected chi connectivity index (χ3v) is 7.32. The van der Waals surface area contributed by atoms with Crippen molar-refractivity contribution >= 4 is 11.9 Å². The molecule has 4 rings (SSSR count). The third kappa shape index (κ3) is 4.60. The maximum Gasteiger partial charge on any atom is 0.325 e. The summed E-state index contributed by atoms with van der Waals surface area (Å²) in [5.41, 5.74) is -1.47. The molecule has 1 aromatic carbocycles. The summed E-state index contributed by atoms with van der Waals surface area (Å²) in [5, 5.41) is 12.6. The van der Waals surface area contributed by atoms with Crippen LogP contribution in [0.3, 0.4) is 0 Å². The fourth-order valence-electron chi connectivity index (χ4n) is 5.81. The van der Waals surface area contributed by atoms with Crippen LogP contribution in [0.15, 0.2) is 18.2 Å². The summed E-state index contributed by atoms with van der Waals surface area (Å²) < 4.78 is 20.7. The number of imide groups is 1. The fraction of sp³-hybridized carbons (Fsp3) is 0.680. The quantitative estimate of drug-likeness (QED) is 0.579. The molecule has 3 amide bonds. The minimum atomic E-state index is -1.30. The summed E-state index contributed by atoms with van der Waals surface area (Å²) >= 11 is 0. The molecule has 2 saturated heterocycles. The minimum Gasteiger partial charge on any atom is -0.487 e. The van der Waals surface area contributed by atoms with Gasteiger partial charge in [-0.25, -0.2) is 9.18 Å². The molecular formula is C25H36FN3O4. The second-order valence-electron chi connectivity index (χ2n) is 9.82. The molecule has 1 atom stereocenters. The number of benzene rings is 1. The molecule has 33 heavy (non-hydrogen) atoms. The maximum absolute atomic E-state index is 14.3. The Kier molecular flexibility index (Phi) is 6.96. The van der Waals surface area contributed by atoms with Gasteiger partial charge in [-0.15, -0.1) is 0 Å². The molecule has 1 spiro atoms. The van der Waals surface area contributed by atoms with E-state index in [9.17, 15) is 19.1 Å². The molecule has 3 aliphatic heterocycles. The summed E-state index contributed by atoms with van der Waals surface area (Å²) in [6.07, 6.45) is 5.51. The highest BCUT2D eigenvalue weighted by molar-refractivity contribution is 6.08. The average molecular weight is 462 g/mol. The highest BCUT2D eigenvalue weighted by atomic mass is 19.1. The second-order valence-corrected chi connectivity index (χ2v) is 9.82. The molecule has 7 nitrogen and oxygen atoms in total. The van der Waals surface area contributed by atoms with Crippen LogP contribution in [0.2, 0.25) is 0 Å². The SMILES string of the molecule is CCCC1(CCC)CC2(NC(=O)N(CCCN3CCC(O)CC3)C2=O)c2cc(F)ccc2O1. The molecule has 1 unspecified atom stereocenters. The molecule has 8 heteroatoms. The molecule has 2 fully saturated rings. The number of urea groups is 1. The van der Waals surface area contributed by atoms with Crippen LogP contribution in [-0.4, -0.2) is 64.7 Å². The molecule has 0 aliphatic carbocycles. The number of nitrogens with one attached hydrogen (secondary N) is 1. The van der Waals surface area contributed by atoms with E-state index in [4.69, 9.17) is 4.74 Å². The number of halogens is 1. The average Bonchev–Trinajstić information content (AvgIpc) is 3.00. The Hall–Kier alpha value is -2.19. The van der Waals surface area contributed by atoms with E-state index in [1.54, 1.807) is 6.07 Å². The Morgan fingerprint density at radius 1 is 1.15 bits per heavy atom. The molecule has 0 radical (unpaired) electrons. The third-order valence-electron chi connectivity index (χ3n) is 7.32. The summed E-state index contributed by atoms with van der Waals surface area (Å²) in [6, 6.07) is 3.83. The molecule has 3 aliphatic rings. The van der Waals surface area contributed by atoms with E-state index in [1.165, 1.54) is 17.0 Å². The smallest absolute Gasteiger partial charge is 0.325 e. The first-order valence-electron chi connectivity index (χ1n) is 12.4. The zero-order valence-corrected chi connectivity index (χ0v) is 19.7. The number of rotatable bonds is 8. The van der Waals surface area contributed by atoms with Gasteiger partial charge in [0.15, 0.2) is 5.54 Å². The van der Waals surface area contributed by atoms with Crippen LogP contribution in [0, 0.1) is 5.82 Å². The summed E-state index contributed by atoms with van der Waals surface area (Å²) in [5.74, 6) is -0.289. The fourth-order valence-corrected chi connectivity index (χ4v) is 5.81. The number of ether oxygens (including phenoxy) is 1. The lowest BCUT2D eigenvalue weighted by Crippen LogP contribution is -2.56. The highest BCUT2D eigenvalue weighted by Gasteiger charge is 2.60. The zero-order chi connectivity index (χ0) is 23.6. The lowest BCUT2D eigenvalue weighted by Gasteiger charge is -2.46. The molecule has 1 aromatic rings. The first kappa shape index (κ1) is 24.0. The van der Waals surface area contributed by atoms with Crippen LogP contribution in [-0.2, 0) is 10.3 Å². The molecule has 0 saturated carbocycles. The van der Waals surface area contributed by atoms with Gasteiger partial charge in [0.25, 0.3) is 5.91 Å². The maximum atomic E-state index is 14.3. The van der Waals surface area contributed by atoms with E-state index >= 15 is 0 Å². The van der Waals surface area contributed by atoms with E-state index < -0.39 is 23.0 Å². The number of piperidine rings is 1. The van der Waals surface area contributed by atoms with Crippen LogP contribution in [0.25, 0.3) is 0 Å². The first-order valence-corrected chi connectivity index (χ1v) is 12.4. The first-order chi connectivity index (χ1) is 15.8. The van der Waals surface area contributed by atoms with Crippen molar-refractivity contribution in [1.29, 1.82) is 0 Å². The standard InChI is InChI=1S/C25H36FN3O4/c1-3-10-24(11-4-2)17-25(20-16-18(26)6-7-21(20)33-24)22(31)29(23(32)27-25)13-5-12-28-14-8-19(30)9-15-28/h6-7,16,19,30H,3-5,8-15,17H2,1-2H3,(H,27,32). The number of amides is 3. The van der Waals surface area contributed by atoms with Crippen molar-refractivity contribution in [3.8, 4) is 5.75 Å². The molecular weight excluding hydrogens is 425 g/mol. The van der Waals surface area contributed by atoms with Gasteiger partial charge in [0.1, 0.15) is 17.2 Å². The number of hydrogen-bond acceptors (Lipinski definition) is 5. The van der Waals surface area contributed by atoms with Crippen molar-refractivity contribution in [2.75, 3.05) is 26.2 Å². The van der Waals surface area contributed by atoms with Crippen molar-refractivity contribution in [3.63, 3.8) is 0 Å². The van der Waals surface area contributed by atoms with Crippen molar-refractivity contribution in [2.45, 2.75) is 82.5 Å². The van der Waals surface area contributed by atoms with Crippen LogP contribution in [0.4, 0.5) is 9.18 Å². The number of carbonyl (C=O) groups excluding carboxylic acids is 2. The van der Waals surface area contributed by atoms with E-state index in [-0.39, 0.29) is 12.0 Å². The largest absolute Gasteiger partial charge is 0.487 e. The Balaban J connectivity index is 1.57. The van der Waals surface area contributed by atoms with Crippen LogP contribution >= 0.6 is 0 Å². The van der Waals surface area contributed by atoms with Gasteiger partial charge in [-0.2, -0.15) is 0 Å². The predicted octanol–water partition coefficient (Wildman–Crippen LogP) is 3.54. The minimum absolute atomic E-state index is 0.229. The molecule has 0 bridgehead atoms. The number of hydrogen-bond donors (Lipinski definition) is 2. The van der Waals surface area contributed by atoms with E-state index in [0.29, 0.717) is 30.7 Å². The van der Waals surface area contributed by atoms with Gasteiger partial charge in [0.05, 0.1) is 6.10 Å². The van der Waals surface area contributed by atoms with Gasteiger partial charge < -0.3 is 20.1 Å². The van der Waals surface area contributed by atoms with E-state index in [2.05, 4.69) is 24.1 Å². The molecule has 182 valence electrons. The Morgan fingerprint density at radius 3 is 2.52 bits per heavy atom. The Labute approximate surface area is 195 Å². The number of aliphatic hydroxyl groups is 1. The van der Waals surface area contributed by atoms with Gasteiger partial charge in [-0.1, -0.05) is 26.7 Å². The van der Waals surface area contributed by atoms with E-state index in [0.717, 1.165) is 58.2 Å². The Bertz CT molecular complexity index is 880. The van der Waals surface area contributed by atoms with Gasteiger partial charge >= 0.3 is 6.03 Å². The van der Waals surface area contributed by atoms with Crippen molar-refractivity contribution in [1.82, 2.24) is 15.1 Å². The van der Waals surface area contributed by atoms with Crippen molar-refractivity contribution < 1.29 is 23.8 Å². The van der Waals surface area contributed by atoms with Crippen molar-refractivity contribution in [3.05, 3.63) is 29.6 Å². The topological polar surface area (TPSA) is 82.1 Å². The normalized spacial score (nSPS) is 25.3. The molecule has 2 N–H and O–H groups in total. The van der Waals surface area contributed by atoms with Crippen LogP contribution in [0.5, 0.6) is 5.75 Å². The molecule has 0 aromatic heterocycles. The van der Waals surface area contributed by atoms with Crippen LogP contribution in [0.1, 0.15) is 70.8 Å². The van der Waals surface area contributed by atoms with Crippen LogP contribution < -0.4 is 10.1 Å². The lowest BCUT2D eigenvalue weighted by molar-refractivity contribution is -0.136. The summed E-state index contributed by atoms with van der Waals surface area (Å²) in [6.45, 7) is 6.88. The number of fused-ring (bicyclic) bond motifs is 2.